The van der Waals surface area contributed by atoms with Crippen LogP contribution in [0.5, 0.6) is 0 Å². The molecule has 0 aromatic heterocycles. The zero-order valence-electron chi connectivity index (χ0n) is 12.0. The zero-order chi connectivity index (χ0) is 14.4. The van der Waals surface area contributed by atoms with Gasteiger partial charge >= 0.3 is 0 Å². The van der Waals surface area contributed by atoms with Crippen LogP contribution in [0, 0.1) is 0 Å². The second kappa shape index (κ2) is 8.23. The minimum Gasteiger partial charge on any atom is -0.374 e. The largest absolute Gasteiger partial charge is 0.374 e. The van der Waals surface area contributed by atoms with E-state index in [1.54, 1.807) is 0 Å². The summed E-state index contributed by atoms with van der Waals surface area (Å²) in [6.45, 7) is 3.95. The maximum absolute atomic E-state index is 6.01. The smallest absolute Gasteiger partial charge is 0.0721 e. The first kappa shape index (κ1) is 16.1. The van der Waals surface area contributed by atoms with Gasteiger partial charge in [-0.1, -0.05) is 36.2 Å². The molecule has 0 amide bonds. The van der Waals surface area contributed by atoms with Crippen LogP contribution in [0.15, 0.2) is 18.2 Å². The van der Waals surface area contributed by atoms with Crippen molar-refractivity contribution in [1.29, 1.82) is 0 Å². The standard InChI is InChI=1S/C16H23Cl2NO/c1-2-9-19-13-4-6-14(7-5-13)20-11-12-3-8-15(17)16(18)10-12/h3,8,10,13-14,19H,2,4-7,9,11H2,1H3. The summed E-state index contributed by atoms with van der Waals surface area (Å²) in [5, 5.41) is 4.78. The molecule has 20 heavy (non-hydrogen) atoms. The van der Waals surface area contributed by atoms with E-state index in [2.05, 4.69) is 12.2 Å². The molecule has 2 rings (SSSR count). The number of hydrogen-bond donors (Lipinski definition) is 1. The first-order chi connectivity index (χ1) is 9.69. The van der Waals surface area contributed by atoms with Gasteiger partial charge in [0.25, 0.3) is 0 Å². The second-order valence-electron chi connectivity index (χ2n) is 5.49. The average Bonchev–Trinajstić information content (AvgIpc) is 2.47. The molecule has 1 N–H and O–H groups in total. The van der Waals surface area contributed by atoms with Crippen molar-refractivity contribution in [3.05, 3.63) is 33.8 Å². The van der Waals surface area contributed by atoms with Crippen LogP contribution < -0.4 is 5.32 Å². The Bertz CT molecular complexity index is 417. The Kier molecular flexibility index (Phi) is 6.63. The third-order valence-electron chi connectivity index (χ3n) is 3.83. The van der Waals surface area contributed by atoms with Gasteiger partial charge in [0.2, 0.25) is 0 Å². The Morgan fingerprint density at radius 1 is 1.15 bits per heavy atom. The number of nitrogens with one attached hydrogen (secondary N) is 1. The summed E-state index contributed by atoms with van der Waals surface area (Å²) in [4.78, 5) is 0. The van der Waals surface area contributed by atoms with Crippen molar-refractivity contribution in [3.63, 3.8) is 0 Å². The Hall–Kier alpha value is -0.280. The molecule has 0 aliphatic heterocycles. The van der Waals surface area contributed by atoms with Gasteiger partial charge in [-0.3, -0.25) is 0 Å². The Morgan fingerprint density at radius 3 is 2.55 bits per heavy atom. The normalized spacial score (nSPS) is 22.9. The molecule has 0 heterocycles. The molecule has 1 saturated carbocycles. The van der Waals surface area contributed by atoms with Gasteiger partial charge in [0.15, 0.2) is 0 Å². The highest BCUT2D eigenvalue weighted by Crippen LogP contribution is 2.25. The Morgan fingerprint density at radius 2 is 1.90 bits per heavy atom. The Balaban J connectivity index is 1.71. The fourth-order valence-corrected chi connectivity index (χ4v) is 2.95. The van der Waals surface area contributed by atoms with Crippen LogP contribution >= 0.6 is 23.2 Å². The molecule has 4 heteroatoms. The van der Waals surface area contributed by atoms with E-state index in [1.165, 1.54) is 19.3 Å². The van der Waals surface area contributed by atoms with E-state index >= 15 is 0 Å². The van der Waals surface area contributed by atoms with E-state index < -0.39 is 0 Å². The van der Waals surface area contributed by atoms with Crippen molar-refractivity contribution in [2.45, 2.75) is 57.8 Å². The van der Waals surface area contributed by atoms with Crippen LogP contribution in [0.2, 0.25) is 10.0 Å². The van der Waals surface area contributed by atoms with Gasteiger partial charge in [-0.05, 0) is 56.3 Å². The van der Waals surface area contributed by atoms with Gasteiger partial charge in [0.1, 0.15) is 0 Å². The number of ether oxygens (including phenoxy) is 1. The molecule has 1 aromatic carbocycles. The van der Waals surface area contributed by atoms with Crippen LogP contribution in [-0.4, -0.2) is 18.7 Å². The quantitative estimate of drug-likeness (QED) is 0.812. The molecule has 1 aliphatic rings. The highest BCUT2D eigenvalue weighted by Gasteiger charge is 2.20. The van der Waals surface area contributed by atoms with Crippen molar-refractivity contribution >= 4 is 23.2 Å². The zero-order valence-corrected chi connectivity index (χ0v) is 13.5. The molecule has 0 unspecified atom stereocenters. The second-order valence-corrected chi connectivity index (χ2v) is 6.30. The lowest BCUT2D eigenvalue weighted by atomic mass is 9.93. The van der Waals surface area contributed by atoms with E-state index in [-0.39, 0.29) is 0 Å². The summed E-state index contributed by atoms with van der Waals surface area (Å²) in [7, 11) is 0. The lowest BCUT2D eigenvalue weighted by molar-refractivity contribution is 0.0114. The number of benzene rings is 1. The molecule has 0 saturated heterocycles. The molecule has 0 spiro atoms. The summed E-state index contributed by atoms with van der Waals surface area (Å²) >= 11 is 11.9. The average molecular weight is 316 g/mol. The molecular formula is C16H23Cl2NO. The number of halogens is 2. The summed E-state index contributed by atoms with van der Waals surface area (Å²) in [5.41, 5.74) is 1.09. The van der Waals surface area contributed by atoms with Gasteiger partial charge in [0, 0.05) is 6.04 Å². The fourth-order valence-electron chi connectivity index (χ4n) is 2.63. The predicted octanol–water partition coefficient (Wildman–Crippen LogP) is 4.82. The maximum Gasteiger partial charge on any atom is 0.0721 e. The fraction of sp³-hybridized carbons (Fsp3) is 0.625. The van der Waals surface area contributed by atoms with Crippen LogP contribution in [0.25, 0.3) is 0 Å². The topological polar surface area (TPSA) is 21.3 Å². The van der Waals surface area contributed by atoms with Gasteiger partial charge < -0.3 is 10.1 Å². The molecule has 0 bridgehead atoms. The minimum absolute atomic E-state index is 0.379. The predicted molar refractivity (Wildman–Crippen MR) is 85.6 cm³/mol. The number of rotatable bonds is 6. The maximum atomic E-state index is 6.01. The van der Waals surface area contributed by atoms with Crippen LogP contribution in [0.3, 0.4) is 0 Å². The first-order valence-corrected chi connectivity index (χ1v) is 8.23. The summed E-state index contributed by atoms with van der Waals surface area (Å²) in [6, 6.07) is 6.37. The summed E-state index contributed by atoms with van der Waals surface area (Å²) < 4.78 is 5.99. The molecular weight excluding hydrogens is 293 g/mol. The van der Waals surface area contributed by atoms with Gasteiger partial charge in [-0.2, -0.15) is 0 Å². The number of hydrogen-bond acceptors (Lipinski definition) is 2. The van der Waals surface area contributed by atoms with Crippen molar-refractivity contribution < 1.29 is 4.74 Å². The molecule has 1 aromatic rings. The monoisotopic (exact) mass is 315 g/mol. The Labute approximate surface area is 131 Å². The molecule has 0 radical (unpaired) electrons. The van der Waals surface area contributed by atoms with E-state index in [9.17, 15) is 0 Å². The summed E-state index contributed by atoms with van der Waals surface area (Å²) in [6.07, 6.45) is 6.29. The van der Waals surface area contributed by atoms with Gasteiger partial charge in [0.05, 0.1) is 22.8 Å². The van der Waals surface area contributed by atoms with Crippen molar-refractivity contribution in [1.82, 2.24) is 5.32 Å². The third kappa shape index (κ3) is 4.92. The highest BCUT2D eigenvalue weighted by molar-refractivity contribution is 6.42. The van der Waals surface area contributed by atoms with Crippen molar-refractivity contribution in [3.8, 4) is 0 Å². The third-order valence-corrected chi connectivity index (χ3v) is 4.57. The van der Waals surface area contributed by atoms with E-state index in [0.29, 0.717) is 28.8 Å². The van der Waals surface area contributed by atoms with Crippen molar-refractivity contribution in [2.75, 3.05) is 6.54 Å². The van der Waals surface area contributed by atoms with E-state index in [1.807, 2.05) is 18.2 Å². The molecule has 0 atom stereocenters. The van der Waals surface area contributed by atoms with Crippen LogP contribution in [0.4, 0.5) is 0 Å². The minimum atomic E-state index is 0.379. The van der Waals surface area contributed by atoms with E-state index in [0.717, 1.165) is 24.9 Å². The molecule has 2 nitrogen and oxygen atoms in total. The SMILES string of the molecule is CCCNC1CCC(OCc2ccc(Cl)c(Cl)c2)CC1. The molecule has 112 valence electrons. The highest BCUT2D eigenvalue weighted by atomic mass is 35.5. The lowest BCUT2D eigenvalue weighted by Gasteiger charge is -2.29. The summed E-state index contributed by atoms with van der Waals surface area (Å²) in [5.74, 6) is 0. The van der Waals surface area contributed by atoms with Crippen molar-refractivity contribution in [2.24, 2.45) is 0 Å². The van der Waals surface area contributed by atoms with Crippen LogP contribution in [0.1, 0.15) is 44.6 Å². The first-order valence-electron chi connectivity index (χ1n) is 7.48. The van der Waals surface area contributed by atoms with Gasteiger partial charge in [-0.25, -0.2) is 0 Å². The van der Waals surface area contributed by atoms with Gasteiger partial charge in [-0.15, -0.1) is 0 Å². The van der Waals surface area contributed by atoms with E-state index in [4.69, 9.17) is 27.9 Å². The van der Waals surface area contributed by atoms with Crippen LogP contribution in [-0.2, 0) is 11.3 Å². The molecule has 1 fully saturated rings. The molecule has 1 aliphatic carbocycles. The lowest BCUT2D eigenvalue weighted by Crippen LogP contribution is -2.35.